The molecule has 23 nitrogen and oxygen atoms in total. The minimum atomic E-state index is -1.85. The Morgan fingerprint density at radius 2 is 1.18 bits per heavy atom. The van der Waals surface area contributed by atoms with Crippen LogP contribution in [0.2, 0.25) is 0 Å². The fourth-order valence-electron chi connectivity index (χ4n) is 16.1. The number of aliphatic hydroxyl groups is 14. The van der Waals surface area contributed by atoms with E-state index in [1.165, 1.54) is 5.57 Å². The van der Waals surface area contributed by atoms with Gasteiger partial charge in [-0.3, -0.25) is 4.79 Å². The average molecular weight is 1090 g/mol. The molecule has 4 saturated heterocycles. The van der Waals surface area contributed by atoms with Gasteiger partial charge < -0.3 is 109 Å². The number of carbonyl (C=O) groups is 1. The zero-order chi connectivity index (χ0) is 55.4. The van der Waals surface area contributed by atoms with E-state index >= 15 is 4.79 Å². The predicted molar refractivity (Wildman–Crippen MR) is 258 cm³/mol. The Bertz CT molecular complexity index is 2080. The van der Waals surface area contributed by atoms with Crippen molar-refractivity contribution in [3.63, 3.8) is 0 Å². The summed E-state index contributed by atoms with van der Waals surface area (Å²) in [6, 6.07) is 0. The van der Waals surface area contributed by atoms with Crippen molar-refractivity contribution in [3.8, 4) is 0 Å². The Morgan fingerprint density at radius 3 is 1.82 bits per heavy atom. The summed E-state index contributed by atoms with van der Waals surface area (Å²) in [7, 11) is 0. The highest BCUT2D eigenvalue weighted by Gasteiger charge is 2.71. The first-order chi connectivity index (χ1) is 35.7. The van der Waals surface area contributed by atoms with Crippen molar-refractivity contribution in [2.75, 3.05) is 33.0 Å². The number of fused-ring (bicyclic) bond motifs is 7. The zero-order valence-electron chi connectivity index (χ0n) is 44.4. The SMILES string of the molecule is CC1(C)CC[C@]2(C(=O)O[C@@H]3O[C@H](CO[C@@H]4O[C@H](CO)[C@@H](O)[C@H](O)[C@H]4O)[C@@H](O)[C@H](O)[C@H]3O)CC[C@]3(C)C(=CC[C@@H]4[C@@]5(C)CC[C@H](O[C@@H]6OC[C@@H](O)[C@@H](O)[C@@H]6O[C@@H]6O[C@H](CO)[C@@H](O)[C@H](O)[C@H]6O)[C@@](C)(CO)[C@@H]5CC[C@]43C)[C@@H]2C1. The third-order valence-corrected chi connectivity index (χ3v) is 21.2. The van der Waals surface area contributed by atoms with Crippen molar-refractivity contribution in [2.24, 2.45) is 50.2 Å². The second-order valence-corrected chi connectivity index (χ2v) is 25.7. The van der Waals surface area contributed by atoms with Crippen LogP contribution in [0.25, 0.3) is 0 Å². The van der Waals surface area contributed by atoms with Crippen LogP contribution in [0.3, 0.4) is 0 Å². The van der Waals surface area contributed by atoms with Gasteiger partial charge in [-0.05, 0) is 104 Å². The average Bonchev–Trinajstić information content (AvgIpc) is 3.38. The standard InChI is InChI=1S/C53H86O23/c1-48(2)13-15-53(47(68)76-45-41(67)38(64)35(61)28(73-45)21-70-43-39(65)36(62)33(59)26(18-54)71-43)16-14-51(5)23(24(53)17-48)7-8-30-49(3)11-10-31(50(4,22-56)29(49)9-12-52(30,51)6)74-46-42(32(58)25(57)20-69-46)75-44-40(66)37(63)34(60)27(19-55)72-44/h7,24-46,54-67H,8-22H2,1-6H3/t24-,25+,26+,27+,28+,29+,30+,31-,32+,33+,34+,35+,36-,37-,38-,39+,40+,41+,42-,43+,44-,45-,46-,49-,50-,51+,52+,53-/m0/s1. The first-order valence-electron chi connectivity index (χ1n) is 27.4. The number of rotatable bonds is 12. The molecule has 4 saturated carbocycles. The van der Waals surface area contributed by atoms with Crippen LogP contribution in [0.1, 0.15) is 106 Å². The monoisotopic (exact) mass is 1090 g/mol. The van der Waals surface area contributed by atoms with Crippen LogP contribution >= 0.6 is 0 Å². The van der Waals surface area contributed by atoms with Gasteiger partial charge in [-0.1, -0.05) is 53.2 Å². The van der Waals surface area contributed by atoms with Gasteiger partial charge in [0.05, 0.1) is 44.6 Å². The molecule has 0 aromatic rings. The van der Waals surface area contributed by atoms with Gasteiger partial charge in [0.15, 0.2) is 18.9 Å². The molecule has 5 aliphatic carbocycles. The summed E-state index contributed by atoms with van der Waals surface area (Å²) in [5, 5.41) is 149. The number of aliphatic hydroxyl groups excluding tert-OH is 14. The predicted octanol–water partition coefficient (Wildman–Crippen LogP) is -2.42. The Hall–Kier alpha value is -1.63. The van der Waals surface area contributed by atoms with Crippen molar-refractivity contribution in [3.05, 3.63) is 11.6 Å². The van der Waals surface area contributed by atoms with Crippen molar-refractivity contribution in [1.29, 1.82) is 0 Å². The van der Waals surface area contributed by atoms with E-state index in [2.05, 4.69) is 40.7 Å². The topological polar surface area (TPSA) is 374 Å². The summed E-state index contributed by atoms with van der Waals surface area (Å²) in [6.07, 6.45) is -22.4. The van der Waals surface area contributed by atoms with Gasteiger partial charge in [0.2, 0.25) is 6.29 Å². The van der Waals surface area contributed by atoms with E-state index in [1.54, 1.807) is 0 Å². The van der Waals surface area contributed by atoms with Crippen LogP contribution in [0.15, 0.2) is 11.6 Å². The van der Waals surface area contributed by atoms with Crippen molar-refractivity contribution in [1.82, 2.24) is 0 Å². The molecule has 14 N–H and O–H groups in total. The van der Waals surface area contributed by atoms with Gasteiger partial charge >= 0.3 is 5.97 Å². The number of ether oxygens (including phenoxy) is 8. The first-order valence-corrected chi connectivity index (χ1v) is 27.4. The maximum Gasteiger partial charge on any atom is 0.315 e. The molecule has 9 aliphatic rings. The maximum absolute atomic E-state index is 15.1. The molecule has 0 aromatic heterocycles. The number of hydrogen-bond acceptors (Lipinski definition) is 23. The molecule has 436 valence electrons. The fourth-order valence-corrected chi connectivity index (χ4v) is 16.1. The molecule has 0 bridgehead atoms. The zero-order valence-corrected chi connectivity index (χ0v) is 44.4. The molecule has 0 aromatic carbocycles. The third kappa shape index (κ3) is 9.56. The lowest BCUT2D eigenvalue weighted by atomic mass is 9.33. The molecule has 8 fully saturated rings. The van der Waals surface area contributed by atoms with E-state index in [0.29, 0.717) is 51.4 Å². The number of hydrogen-bond donors (Lipinski definition) is 14. The highest BCUT2D eigenvalue weighted by Crippen LogP contribution is 2.76. The summed E-state index contributed by atoms with van der Waals surface area (Å²) < 4.78 is 47.4. The fraction of sp³-hybridized carbons (Fsp3) is 0.943. The van der Waals surface area contributed by atoms with Crippen molar-refractivity contribution >= 4 is 5.97 Å². The molecule has 9 rings (SSSR count). The molecule has 23 heteroatoms. The molecular weight excluding hydrogens is 1000 g/mol. The molecule has 4 aliphatic heterocycles. The largest absolute Gasteiger partial charge is 0.432 e. The van der Waals surface area contributed by atoms with Crippen LogP contribution in [0.4, 0.5) is 0 Å². The Balaban J connectivity index is 0.931. The van der Waals surface area contributed by atoms with Gasteiger partial charge in [-0.2, -0.15) is 0 Å². The second-order valence-electron chi connectivity index (χ2n) is 25.7. The quantitative estimate of drug-likeness (QED) is 0.0549. The van der Waals surface area contributed by atoms with Crippen LogP contribution in [-0.4, -0.2) is 233 Å². The molecule has 0 radical (unpaired) electrons. The van der Waals surface area contributed by atoms with Gasteiger partial charge in [-0.25, -0.2) is 0 Å². The van der Waals surface area contributed by atoms with Crippen LogP contribution < -0.4 is 0 Å². The maximum atomic E-state index is 15.1. The lowest BCUT2D eigenvalue weighted by Gasteiger charge is -2.71. The molecule has 0 spiro atoms. The number of esters is 1. The molecule has 4 heterocycles. The minimum absolute atomic E-state index is 0.0715. The lowest BCUT2D eigenvalue weighted by Crippen LogP contribution is -2.67. The van der Waals surface area contributed by atoms with E-state index in [4.69, 9.17) is 37.9 Å². The Kier molecular flexibility index (Phi) is 16.8. The van der Waals surface area contributed by atoms with Gasteiger partial charge in [-0.15, -0.1) is 0 Å². The second kappa shape index (κ2) is 21.6. The summed E-state index contributed by atoms with van der Waals surface area (Å²) in [4.78, 5) is 15.1. The summed E-state index contributed by atoms with van der Waals surface area (Å²) in [5.41, 5.74) is -1.83. The molecule has 28 atom stereocenters. The van der Waals surface area contributed by atoms with E-state index in [9.17, 15) is 71.5 Å². The molecular formula is C53H86O23. The normalized spacial score (nSPS) is 54.3. The molecule has 0 amide bonds. The van der Waals surface area contributed by atoms with Gasteiger partial charge in [0.1, 0.15) is 91.6 Å². The van der Waals surface area contributed by atoms with Crippen LogP contribution in [0, 0.1) is 50.2 Å². The highest BCUT2D eigenvalue weighted by atomic mass is 16.8. The van der Waals surface area contributed by atoms with E-state index in [0.717, 1.165) is 12.8 Å². The lowest BCUT2D eigenvalue weighted by molar-refractivity contribution is -0.368. The van der Waals surface area contributed by atoms with Gasteiger partial charge in [0.25, 0.3) is 0 Å². The Labute approximate surface area is 442 Å². The van der Waals surface area contributed by atoms with Crippen LogP contribution in [-0.2, 0) is 42.7 Å². The van der Waals surface area contributed by atoms with Crippen molar-refractivity contribution < 1.29 is 114 Å². The summed E-state index contributed by atoms with van der Waals surface area (Å²) in [5.74, 6) is -0.803. The third-order valence-electron chi connectivity index (χ3n) is 21.2. The smallest absolute Gasteiger partial charge is 0.315 e. The summed E-state index contributed by atoms with van der Waals surface area (Å²) >= 11 is 0. The number of carbonyl (C=O) groups excluding carboxylic acids is 1. The van der Waals surface area contributed by atoms with Gasteiger partial charge in [0, 0.05) is 5.41 Å². The molecule has 0 unspecified atom stereocenters. The highest BCUT2D eigenvalue weighted by molar-refractivity contribution is 5.79. The van der Waals surface area contributed by atoms with E-state index < -0.39 is 159 Å². The minimum Gasteiger partial charge on any atom is -0.432 e. The van der Waals surface area contributed by atoms with Crippen molar-refractivity contribution in [2.45, 2.75) is 229 Å². The first kappa shape index (κ1) is 59.0. The Morgan fingerprint density at radius 1 is 0.605 bits per heavy atom. The molecule has 76 heavy (non-hydrogen) atoms. The van der Waals surface area contributed by atoms with E-state index in [1.807, 2.05) is 6.92 Å². The summed E-state index contributed by atoms with van der Waals surface area (Å²) in [6.45, 7) is 10.9. The van der Waals surface area contributed by atoms with Crippen LogP contribution in [0.5, 0.6) is 0 Å². The van der Waals surface area contributed by atoms with E-state index in [-0.39, 0.29) is 52.6 Å². The number of allylic oxidation sites excluding steroid dienone is 2.